The van der Waals surface area contributed by atoms with E-state index in [1.165, 1.54) is 36.8 Å². The zero-order chi connectivity index (χ0) is 21.0. The fourth-order valence-electron chi connectivity index (χ4n) is 3.31. The van der Waals surface area contributed by atoms with Crippen molar-refractivity contribution in [3.63, 3.8) is 0 Å². The Hall–Kier alpha value is -1.60. The Morgan fingerprint density at radius 2 is 1.14 bits per heavy atom. The van der Waals surface area contributed by atoms with E-state index in [0.717, 1.165) is 25.4 Å². The summed E-state index contributed by atoms with van der Waals surface area (Å²) in [5.74, 6) is 1.33. The standard InChI is InChI=1S/C23H33N.2C2H6/c1-3-4-11-20(2)16-18-24-19-17-23(21-12-7-5-8-13-21)22-14-9-6-10-15-22;2*1-2/h5-10,12-15,20,23-24H,3-4,11,16-19H2,1-2H3;2*1-2H3. The maximum absolute atomic E-state index is 3.66. The molecule has 1 N–H and O–H groups in total. The minimum Gasteiger partial charge on any atom is -0.317 e. The molecule has 0 radical (unpaired) electrons. The number of hydrogen-bond donors (Lipinski definition) is 1. The third-order valence-corrected chi connectivity index (χ3v) is 4.88. The summed E-state index contributed by atoms with van der Waals surface area (Å²) >= 11 is 0. The minimum atomic E-state index is 0.484. The minimum absolute atomic E-state index is 0.484. The smallest absolute Gasteiger partial charge is 0.0101 e. The van der Waals surface area contributed by atoms with Gasteiger partial charge < -0.3 is 5.32 Å². The predicted octanol–water partition coefficient (Wildman–Crippen LogP) is 8.07. The van der Waals surface area contributed by atoms with Crippen molar-refractivity contribution in [2.45, 2.75) is 79.6 Å². The number of nitrogens with one attached hydrogen (secondary N) is 1. The Labute approximate surface area is 176 Å². The van der Waals surface area contributed by atoms with Crippen LogP contribution in [0.2, 0.25) is 0 Å². The Morgan fingerprint density at radius 1 is 0.679 bits per heavy atom. The topological polar surface area (TPSA) is 12.0 Å². The molecule has 1 nitrogen and oxygen atoms in total. The highest BCUT2D eigenvalue weighted by molar-refractivity contribution is 5.32. The number of hydrogen-bond acceptors (Lipinski definition) is 1. The Kier molecular flexibility index (Phi) is 17.7. The lowest BCUT2D eigenvalue weighted by Crippen LogP contribution is -2.21. The number of rotatable bonds is 11. The number of unbranched alkanes of at least 4 members (excludes halogenated alkanes) is 1. The van der Waals surface area contributed by atoms with Crippen LogP contribution in [-0.4, -0.2) is 13.1 Å². The van der Waals surface area contributed by atoms with Gasteiger partial charge in [0.1, 0.15) is 0 Å². The summed E-state index contributed by atoms with van der Waals surface area (Å²) in [6.45, 7) is 14.9. The first-order valence-corrected chi connectivity index (χ1v) is 11.6. The van der Waals surface area contributed by atoms with Gasteiger partial charge in [0.25, 0.3) is 0 Å². The van der Waals surface area contributed by atoms with Crippen LogP contribution in [0.3, 0.4) is 0 Å². The maximum atomic E-state index is 3.66. The van der Waals surface area contributed by atoms with Gasteiger partial charge in [0.2, 0.25) is 0 Å². The molecule has 0 aliphatic rings. The van der Waals surface area contributed by atoms with Gasteiger partial charge in [0, 0.05) is 5.92 Å². The van der Waals surface area contributed by atoms with Gasteiger partial charge in [-0.05, 0) is 43.0 Å². The quantitative estimate of drug-likeness (QED) is 0.387. The van der Waals surface area contributed by atoms with Crippen LogP contribution in [0, 0.1) is 5.92 Å². The van der Waals surface area contributed by atoms with Crippen molar-refractivity contribution in [3.8, 4) is 0 Å². The van der Waals surface area contributed by atoms with E-state index in [1.54, 1.807) is 0 Å². The second-order valence-corrected chi connectivity index (χ2v) is 6.95. The molecule has 1 unspecified atom stereocenters. The molecule has 0 aromatic heterocycles. The van der Waals surface area contributed by atoms with Gasteiger partial charge >= 0.3 is 0 Å². The monoisotopic (exact) mass is 383 g/mol. The van der Waals surface area contributed by atoms with Crippen LogP contribution in [0.5, 0.6) is 0 Å². The molecular weight excluding hydrogens is 338 g/mol. The Bertz CT molecular complexity index is 495. The molecule has 1 heteroatoms. The van der Waals surface area contributed by atoms with Gasteiger partial charge in [0.05, 0.1) is 0 Å². The second kappa shape index (κ2) is 18.7. The fourth-order valence-corrected chi connectivity index (χ4v) is 3.31. The molecule has 0 saturated carbocycles. The lowest BCUT2D eigenvalue weighted by molar-refractivity contribution is 0.450. The van der Waals surface area contributed by atoms with Crippen LogP contribution in [0.1, 0.15) is 90.7 Å². The third kappa shape index (κ3) is 11.3. The molecule has 0 heterocycles. The van der Waals surface area contributed by atoms with Crippen LogP contribution in [-0.2, 0) is 0 Å². The molecule has 2 aromatic rings. The highest BCUT2D eigenvalue weighted by Gasteiger charge is 2.13. The van der Waals surface area contributed by atoms with Gasteiger partial charge in [-0.25, -0.2) is 0 Å². The molecule has 0 aliphatic carbocycles. The van der Waals surface area contributed by atoms with E-state index < -0.39 is 0 Å². The van der Waals surface area contributed by atoms with Crippen molar-refractivity contribution >= 4 is 0 Å². The number of benzene rings is 2. The molecular formula is C27H45N. The Morgan fingerprint density at radius 3 is 1.61 bits per heavy atom. The van der Waals surface area contributed by atoms with Gasteiger partial charge in [-0.15, -0.1) is 0 Å². The first-order chi connectivity index (χ1) is 13.8. The predicted molar refractivity (Wildman–Crippen MR) is 128 cm³/mol. The molecule has 1 atom stereocenters. The van der Waals surface area contributed by atoms with Crippen molar-refractivity contribution in [3.05, 3.63) is 71.8 Å². The summed E-state index contributed by atoms with van der Waals surface area (Å²) in [5, 5.41) is 3.66. The van der Waals surface area contributed by atoms with E-state index in [2.05, 4.69) is 79.8 Å². The molecule has 0 aliphatic heterocycles. The van der Waals surface area contributed by atoms with Gasteiger partial charge in [-0.2, -0.15) is 0 Å². The third-order valence-electron chi connectivity index (χ3n) is 4.88. The van der Waals surface area contributed by atoms with E-state index in [0.29, 0.717) is 5.92 Å². The lowest BCUT2D eigenvalue weighted by Gasteiger charge is -2.19. The van der Waals surface area contributed by atoms with Crippen LogP contribution >= 0.6 is 0 Å². The van der Waals surface area contributed by atoms with E-state index in [-0.39, 0.29) is 0 Å². The van der Waals surface area contributed by atoms with Crippen molar-refractivity contribution in [1.29, 1.82) is 0 Å². The first kappa shape index (κ1) is 26.4. The van der Waals surface area contributed by atoms with E-state index in [1.807, 2.05) is 27.7 Å². The molecule has 0 saturated heterocycles. The van der Waals surface area contributed by atoms with Gasteiger partial charge in [0.15, 0.2) is 0 Å². The molecule has 0 amide bonds. The molecule has 0 bridgehead atoms. The largest absolute Gasteiger partial charge is 0.317 e. The van der Waals surface area contributed by atoms with E-state index in [9.17, 15) is 0 Å². The molecule has 0 fully saturated rings. The van der Waals surface area contributed by atoms with E-state index in [4.69, 9.17) is 0 Å². The molecule has 0 spiro atoms. The van der Waals surface area contributed by atoms with E-state index >= 15 is 0 Å². The molecule has 2 aromatic carbocycles. The van der Waals surface area contributed by atoms with Gasteiger partial charge in [-0.1, -0.05) is 121 Å². The first-order valence-electron chi connectivity index (χ1n) is 11.6. The summed E-state index contributed by atoms with van der Waals surface area (Å²) in [7, 11) is 0. The molecule has 158 valence electrons. The lowest BCUT2D eigenvalue weighted by atomic mass is 9.88. The zero-order valence-corrected chi connectivity index (χ0v) is 19.4. The molecule has 28 heavy (non-hydrogen) atoms. The van der Waals surface area contributed by atoms with Crippen LogP contribution < -0.4 is 5.32 Å². The average molecular weight is 384 g/mol. The highest BCUT2D eigenvalue weighted by atomic mass is 14.8. The maximum Gasteiger partial charge on any atom is 0.0101 e. The Balaban J connectivity index is 0.00000171. The highest BCUT2D eigenvalue weighted by Crippen LogP contribution is 2.27. The second-order valence-electron chi connectivity index (χ2n) is 6.95. The van der Waals surface area contributed by atoms with Gasteiger partial charge in [-0.3, -0.25) is 0 Å². The van der Waals surface area contributed by atoms with Crippen LogP contribution in [0.4, 0.5) is 0 Å². The summed E-state index contributed by atoms with van der Waals surface area (Å²) < 4.78 is 0. The van der Waals surface area contributed by atoms with Crippen molar-refractivity contribution in [1.82, 2.24) is 5.32 Å². The summed E-state index contributed by atoms with van der Waals surface area (Å²) in [4.78, 5) is 0. The van der Waals surface area contributed by atoms with Crippen molar-refractivity contribution < 1.29 is 0 Å². The van der Waals surface area contributed by atoms with Crippen LogP contribution in [0.15, 0.2) is 60.7 Å². The summed E-state index contributed by atoms with van der Waals surface area (Å²) in [5.41, 5.74) is 2.84. The van der Waals surface area contributed by atoms with Crippen molar-refractivity contribution in [2.24, 2.45) is 5.92 Å². The zero-order valence-electron chi connectivity index (χ0n) is 19.4. The SMILES string of the molecule is CC.CC.CCCCC(C)CCNCCC(c1ccccc1)c1ccccc1. The normalized spacial score (nSPS) is 11.1. The average Bonchev–Trinajstić information content (AvgIpc) is 2.78. The molecule has 2 rings (SSSR count). The summed E-state index contributed by atoms with van der Waals surface area (Å²) in [6, 6.07) is 21.8. The fraction of sp³-hybridized carbons (Fsp3) is 0.556. The summed E-state index contributed by atoms with van der Waals surface area (Å²) in [6.07, 6.45) is 6.49. The van der Waals surface area contributed by atoms with Crippen molar-refractivity contribution in [2.75, 3.05) is 13.1 Å². The van der Waals surface area contributed by atoms with Crippen LogP contribution in [0.25, 0.3) is 0 Å².